The first-order valence-electron chi connectivity index (χ1n) is 8.73. The highest BCUT2D eigenvalue weighted by molar-refractivity contribution is 9.12. The third kappa shape index (κ3) is 3.69. The largest absolute Gasteiger partial charge is 0.494 e. The summed E-state index contributed by atoms with van der Waals surface area (Å²) < 4.78 is 36.0. The quantitative estimate of drug-likeness (QED) is 0.545. The Morgan fingerprint density at radius 1 is 1.07 bits per heavy atom. The summed E-state index contributed by atoms with van der Waals surface area (Å²) in [6.45, 7) is 8.61. The van der Waals surface area contributed by atoms with E-state index in [4.69, 9.17) is 4.74 Å². The average Bonchev–Trinajstić information content (AvgIpc) is 2.65. The number of hydrogen-bond donors (Lipinski definition) is 0. The molecule has 1 aliphatic rings. The van der Waals surface area contributed by atoms with Crippen molar-refractivity contribution in [3.8, 4) is 5.75 Å². The maximum Gasteiger partial charge on any atom is 0.139 e. The molecule has 0 saturated carbocycles. The number of halogens is 3. The first kappa shape index (κ1) is 19.4. The Balaban J connectivity index is 2.31. The van der Waals surface area contributed by atoms with Crippen LogP contribution in [0.25, 0.3) is 11.3 Å². The topological polar surface area (TPSA) is 12.5 Å². The SMILES string of the molecule is C=C1C(Br)=CC(c2ccccc2)=C(c2c(F)cc(OCC)cc2F)N1CC. The first-order valence-corrected chi connectivity index (χ1v) is 9.53. The molecule has 2 nitrogen and oxygen atoms in total. The van der Waals surface area contributed by atoms with Crippen LogP contribution in [0.2, 0.25) is 0 Å². The fourth-order valence-corrected chi connectivity index (χ4v) is 3.61. The molecule has 27 heavy (non-hydrogen) atoms. The van der Waals surface area contributed by atoms with Crippen LogP contribution in [0.15, 0.2) is 65.3 Å². The van der Waals surface area contributed by atoms with Gasteiger partial charge in [0, 0.05) is 34.4 Å². The lowest BCUT2D eigenvalue weighted by Crippen LogP contribution is -2.25. The van der Waals surface area contributed by atoms with Gasteiger partial charge in [0.25, 0.3) is 0 Å². The van der Waals surface area contributed by atoms with Gasteiger partial charge in [-0.15, -0.1) is 0 Å². The van der Waals surface area contributed by atoms with E-state index in [-0.39, 0.29) is 11.3 Å². The molecule has 0 unspecified atom stereocenters. The van der Waals surface area contributed by atoms with Crippen molar-refractivity contribution in [2.24, 2.45) is 0 Å². The van der Waals surface area contributed by atoms with Gasteiger partial charge in [0.2, 0.25) is 0 Å². The molecule has 0 spiro atoms. The lowest BCUT2D eigenvalue weighted by atomic mass is 9.94. The second-order valence-electron chi connectivity index (χ2n) is 6.01. The molecule has 0 radical (unpaired) electrons. The van der Waals surface area contributed by atoms with Gasteiger partial charge in [-0.3, -0.25) is 0 Å². The molecule has 5 heteroatoms. The summed E-state index contributed by atoms with van der Waals surface area (Å²) in [5.74, 6) is -1.16. The zero-order valence-electron chi connectivity index (χ0n) is 15.2. The maximum atomic E-state index is 15.0. The molecular weight excluding hydrogens is 412 g/mol. The lowest BCUT2D eigenvalue weighted by Gasteiger charge is -2.34. The second-order valence-corrected chi connectivity index (χ2v) is 6.86. The van der Waals surface area contributed by atoms with Crippen LogP contribution < -0.4 is 4.74 Å². The molecule has 3 rings (SSSR count). The minimum absolute atomic E-state index is 0.0865. The lowest BCUT2D eigenvalue weighted by molar-refractivity contribution is 0.335. The van der Waals surface area contributed by atoms with Crippen molar-refractivity contribution in [1.29, 1.82) is 0 Å². The third-order valence-electron chi connectivity index (χ3n) is 4.36. The smallest absolute Gasteiger partial charge is 0.139 e. The molecule has 2 aromatic rings. The van der Waals surface area contributed by atoms with Crippen LogP contribution in [0.3, 0.4) is 0 Å². The van der Waals surface area contributed by atoms with Gasteiger partial charge in [-0.2, -0.15) is 0 Å². The number of hydrogen-bond acceptors (Lipinski definition) is 2. The van der Waals surface area contributed by atoms with Gasteiger partial charge in [0.15, 0.2) is 0 Å². The van der Waals surface area contributed by atoms with Crippen LogP contribution in [0.1, 0.15) is 25.0 Å². The Kier molecular flexibility index (Phi) is 5.80. The van der Waals surface area contributed by atoms with E-state index in [1.807, 2.05) is 48.2 Å². The van der Waals surface area contributed by atoms with Crippen LogP contribution in [-0.2, 0) is 0 Å². The minimum atomic E-state index is -0.667. The second kappa shape index (κ2) is 8.09. The van der Waals surface area contributed by atoms with Crippen molar-refractivity contribution < 1.29 is 13.5 Å². The van der Waals surface area contributed by atoms with Crippen molar-refractivity contribution in [3.63, 3.8) is 0 Å². The molecule has 0 aromatic heterocycles. The zero-order chi connectivity index (χ0) is 19.6. The van der Waals surface area contributed by atoms with E-state index in [1.165, 1.54) is 12.1 Å². The van der Waals surface area contributed by atoms with Crippen LogP contribution in [0.4, 0.5) is 8.78 Å². The summed E-state index contributed by atoms with van der Waals surface area (Å²) in [7, 11) is 0. The van der Waals surface area contributed by atoms with Gasteiger partial charge in [0.05, 0.1) is 17.9 Å². The molecule has 0 N–H and O–H groups in total. The van der Waals surface area contributed by atoms with Crippen LogP contribution in [0, 0.1) is 11.6 Å². The standard InChI is InChI=1S/C22H20BrF2NO/c1-4-26-14(3)18(23)13-17(15-9-7-6-8-10-15)22(26)21-19(24)11-16(27-5-2)12-20(21)25/h6-13H,3-5H2,1-2H3. The molecular formula is C22H20BrF2NO. The van der Waals surface area contributed by atoms with Crippen LogP contribution in [-0.4, -0.2) is 18.1 Å². The van der Waals surface area contributed by atoms with Gasteiger partial charge < -0.3 is 9.64 Å². The molecule has 0 amide bonds. The van der Waals surface area contributed by atoms with E-state index >= 15 is 0 Å². The molecule has 1 heterocycles. The predicted molar refractivity (Wildman–Crippen MR) is 109 cm³/mol. The van der Waals surface area contributed by atoms with Crippen LogP contribution >= 0.6 is 15.9 Å². The molecule has 0 atom stereocenters. The summed E-state index contributed by atoms with van der Waals surface area (Å²) in [4.78, 5) is 1.81. The van der Waals surface area contributed by atoms with Crippen molar-refractivity contribution >= 4 is 27.2 Å². The summed E-state index contributed by atoms with van der Waals surface area (Å²) in [5.41, 5.74) is 2.60. The Morgan fingerprint density at radius 3 is 2.26 bits per heavy atom. The number of ether oxygens (including phenoxy) is 1. The Hall–Kier alpha value is -2.40. The van der Waals surface area contributed by atoms with E-state index in [0.717, 1.165) is 15.6 Å². The van der Waals surface area contributed by atoms with E-state index in [1.54, 1.807) is 6.92 Å². The van der Waals surface area contributed by atoms with E-state index in [0.29, 0.717) is 24.5 Å². The Morgan fingerprint density at radius 2 is 1.70 bits per heavy atom. The fraction of sp³-hybridized carbons (Fsp3) is 0.182. The average molecular weight is 432 g/mol. The monoisotopic (exact) mass is 431 g/mol. The number of benzene rings is 2. The van der Waals surface area contributed by atoms with Gasteiger partial charge >= 0.3 is 0 Å². The number of allylic oxidation sites excluding steroid dienone is 3. The summed E-state index contributed by atoms with van der Waals surface area (Å²) in [6.07, 6.45) is 1.86. The molecule has 0 aliphatic carbocycles. The summed E-state index contributed by atoms with van der Waals surface area (Å²) in [6, 6.07) is 12.0. The zero-order valence-corrected chi connectivity index (χ0v) is 16.8. The van der Waals surface area contributed by atoms with Crippen molar-refractivity contribution in [1.82, 2.24) is 4.90 Å². The van der Waals surface area contributed by atoms with Crippen LogP contribution in [0.5, 0.6) is 5.75 Å². The molecule has 2 aromatic carbocycles. The van der Waals surface area contributed by atoms with Gasteiger partial charge in [-0.05, 0) is 41.4 Å². The third-order valence-corrected chi connectivity index (χ3v) is 5.05. The van der Waals surface area contributed by atoms with Crippen molar-refractivity contribution in [2.45, 2.75) is 13.8 Å². The summed E-state index contributed by atoms with van der Waals surface area (Å²) in [5, 5.41) is 0. The molecule has 0 bridgehead atoms. The Labute approximate surface area is 166 Å². The molecule has 0 fully saturated rings. The predicted octanol–water partition coefficient (Wildman–Crippen LogP) is 6.36. The van der Waals surface area contributed by atoms with Crippen molar-refractivity contribution in [2.75, 3.05) is 13.2 Å². The number of likely N-dealkylation sites (N-methyl/N-ethyl adjacent to an activating group) is 1. The maximum absolute atomic E-state index is 15.0. The van der Waals surface area contributed by atoms with E-state index in [2.05, 4.69) is 22.5 Å². The number of nitrogens with zero attached hydrogens (tertiary/aromatic N) is 1. The Bertz CT molecular complexity index is 912. The molecule has 0 saturated heterocycles. The van der Waals surface area contributed by atoms with Crippen molar-refractivity contribution in [3.05, 3.63) is 88.1 Å². The van der Waals surface area contributed by atoms with Gasteiger partial charge in [-0.1, -0.05) is 36.9 Å². The minimum Gasteiger partial charge on any atom is -0.494 e. The normalized spacial score (nSPS) is 14.5. The fourth-order valence-electron chi connectivity index (χ4n) is 3.17. The highest BCUT2D eigenvalue weighted by Gasteiger charge is 2.29. The van der Waals surface area contributed by atoms with E-state index < -0.39 is 11.6 Å². The summed E-state index contributed by atoms with van der Waals surface area (Å²) >= 11 is 3.52. The van der Waals surface area contributed by atoms with Gasteiger partial charge in [-0.25, -0.2) is 8.78 Å². The molecule has 140 valence electrons. The number of rotatable bonds is 5. The molecule has 1 aliphatic heterocycles. The van der Waals surface area contributed by atoms with Gasteiger partial charge in [0.1, 0.15) is 17.4 Å². The van der Waals surface area contributed by atoms with E-state index in [9.17, 15) is 8.78 Å². The highest BCUT2D eigenvalue weighted by Crippen LogP contribution is 2.42. The highest BCUT2D eigenvalue weighted by atomic mass is 79.9. The first-order chi connectivity index (χ1) is 13.0.